The third-order valence-electron chi connectivity index (χ3n) is 5.98. The van der Waals surface area contributed by atoms with E-state index in [1.54, 1.807) is 48.5 Å². The van der Waals surface area contributed by atoms with Crippen LogP contribution >= 0.6 is 11.6 Å². The van der Waals surface area contributed by atoms with Gasteiger partial charge in [-0.25, -0.2) is 4.90 Å². The fourth-order valence-electron chi connectivity index (χ4n) is 4.50. The zero-order chi connectivity index (χ0) is 22.9. The first-order valence-corrected chi connectivity index (χ1v) is 11.4. The Balaban J connectivity index is 1.63. The molecule has 2 aliphatic rings. The third-order valence-corrected chi connectivity index (χ3v) is 6.23. The van der Waals surface area contributed by atoms with Crippen LogP contribution in [0.3, 0.4) is 0 Å². The molecule has 0 fully saturated rings. The molecule has 5 nitrogen and oxygen atoms in total. The highest BCUT2D eigenvalue weighted by Crippen LogP contribution is 2.39. The number of benzene rings is 3. The van der Waals surface area contributed by atoms with Gasteiger partial charge in [0.15, 0.2) is 0 Å². The first-order chi connectivity index (χ1) is 16.1. The number of rotatable bonds is 5. The standard InChI is InChI=1S/C27H23ClN2O3/c1-2-33-22-15-13-21(14-16-22)30-26(31)24(19-9-11-20(28)12-10-19)25(27(30)32)29-17-5-7-18-6-3-4-8-23(18)29/h3-4,6,8-16H,2,5,7,17H2,1H3. The Morgan fingerprint density at radius 1 is 0.909 bits per heavy atom. The van der Waals surface area contributed by atoms with Crippen molar-refractivity contribution in [3.05, 3.63) is 94.6 Å². The van der Waals surface area contributed by atoms with Gasteiger partial charge in [0.25, 0.3) is 11.8 Å². The Morgan fingerprint density at radius 3 is 2.36 bits per heavy atom. The summed E-state index contributed by atoms with van der Waals surface area (Å²) in [5, 5.41) is 0.573. The monoisotopic (exact) mass is 458 g/mol. The van der Waals surface area contributed by atoms with Crippen molar-refractivity contribution >= 4 is 40.4 Å². The minimum atomic E-state index is -0.343. The Bertz CT molecular complexity index is 1250. The molecule has 0 aromatic heterocycles. The van der Waals surface area contributed by atoms with E-state index in [0.29, 0.717) is 46.4 Å². The largest absolute Gasteiger partial charge is 0.494 e. The van der Waals surface area contributed by atoms with Gasteiger partial charge < -0.3 is 9.64 Å². The Morgan fingerprint density at radius 2 is 1.64 bits per heavy atom. The fourth-order valence-corrected chi connectivity index (χ4v) is 4.63. The maximum atomic E-state index is 13.8. The summed E-state index contributed by atoms with van der Waals surface area (Å²) in [5.41, 5.74) is 4.13. The molecule has 5 rings (SSSR count). The number of imide groups is 1. The number of ether oxygens (including phenoxy) is 1. The van der Waals surface area contributed by atoms with E-state index in [2.05, 4.69) is 6.07 Å². The van der Waals surface area contributed by atoms with Crippen LogP contribution in [-0.4, -0.2) is 25.0 Å². The Hall–Kier alpha value is -3.57. The first-order valence-electron chi connectivity index (χ1n) is 11.1. The summed E-state index contributed by atoms with van der Waals surface area (Å²) < 4.78 is 5.51. The van der Waals surface area contributed by atoms with Gasteiger partial charge in [-0.2, -0.15) is 0 Å². The van der Waals surface area contributed by atoms with Gasteiger partial charge in [-0.15, -0.1) is 0 Å². The summed E-state index contributed by atoms with van der Waals surface area (Å²) in [7, 11) is 0. The van der Waals surface area contributed by atoms with Crippen LogP contribution in [0.15, 0.2) is 78.5 Å². The molecule has 0 saturated carbocycles. The van der Waals surface area contributed by atoms with Gasteiger partial charge in [0, 0.05) is 17.3 Å². The van der Waals surface area contributed by atoms with Crippen LogP contribution in [0.2, 0.25) is 5.02 Å². The number of anilines is 2. The second kappa shape index (κ2) is 8.75. The Labute approximate surface area is 197 Å². The second-order valence-corrected chi connectivity index (χ2v) is 8.42. The molecule has 0 unspecified atom stereocenters. The zero-order valence-corrected chi connectivity index (χ0v) is 19.0. The molecule has 2 aliphatic heterocycles. The smallest absolute Gasteiger partial charge is 0.282 e. The molecule has 33 heavy (non-hydrogen) atoms. The van der Waals surface area contributed by atoms with Crippen molar-refractivity contribution in [3.63, 3.8) is 0 Å². The number of fused-ring (bicyclic) bond motifs is 1. The fraction of sp³-hybridized carbons (Fsp3) is 0.185. The van der Waals surface area contributed by atoms with Gasteiger partial charge in [0.05, 0.1) is 17.9 Å². The van der Waals surface area contributed by atoms with Crippen molar-refractivity contribution in [1.29, 1.82) is 0 Å². The highest BCUT2D eigenvalue weighted by molar-refractivity contribution is 6.46. The summed E-state index contributed by atoms with van der Waals surface area (Å²) in [6.45, 7) is 3.12. The number of hydrogen-bond acceptors (Lipinski definition) is 4. The molecule has 0 aliphatic carbocycles. The number of carbonyl (C=O) groups is 2. The molecular weight excluding hydrogens is 436 g/mol. The summed E-state index contributed by atoms with van der Waals surface area (Å²) in [6.07, 6.45) is 1.85. The van der Waals surface area contributed by atoms with Crippen LogP contribution in [0, 0.1) is 0 Å². The molecule has 2 heterocycles. The van der Waals surface area contributed by atoms with E-state index in [0.717, 1.165) is 18.5 Å². The van der Waals surface area contributed by atoms with E-state index in [-0.39, 0.29) is 11.8 Å². The summed E-state index contributed by atoms with van der Waals surface area (Å²) in [5.74, 6) is 0.0201. The van der Waals surface area contributed by atoms with Crippen LogP contribution in [0.1, 0.15) is 24.5 Å². The number of halogens is 1. The van der Waals surface area contributed by atoms with Crippen LogP contribution in [0.5, 0.6) is 5.75 Å². The molecule has 0 bridgehead atoms. The van der Waals surface area contributed by atoms with Crippen LogP contribution in [0.4, 0.5) is 11.4 Å². The van der Waals surface area contributed by atoms with Crippen LogP contribution in [0.25, 0.3) is 5.57 Å². The molecule has 0 spiro atoms. The average molecular weight is 459 g/mol. The molecule has 166 valence electrons. The molecular formula is C27H23ClN2O3. The lowest BCUT2D eigenvalue weighted by molar-refractivity contribution is -0.120. The van der Waals surface area contributed by atoms with E-state index >= 15 is 0 Å². The van der Waals surface area contributed by atoms with Crippen molar-refractivity contribution in [3.8, 4) is 5.75 Å². The van der Waals surface area contributed by atoms with Gasteiger partial charge >= 0.3 is 0 Å². The first kappa shape index (κ1) is 21.3. The number of nitrogens with zero attached hydrogens (tertiary/aromatic N) is 2. The maximum Gasteiger partial charge on any atom is 0.282 e. The van der Waals surface area contributed by atoms with Gasteiger partial charge in [-0.3, -0.25) is 9.59 Å². The summed E-state index contributed by atoms with van der Waals surface area (Å²) in [6, 6.07) is 22.2. The average Bonchev–Trinajstić information content (AvgIpc) is 3.10. The number of para-hydroxylation sites is 1. The third kappa shape index (κ3) is 3.79. The highest BCUT2D eigenvalue weighted by Gasteiger charge is 2.43. The minimum absolute atomic E-state index is 0.328. The number of carbonyl (C=O) groups excluding carboxylic acids is 2. The lowest BCUT2D eigenvalue weighted by Gasteiger charge is -2.32. The van der Waals surface area contributed by atoms with E-state index in [1.165, 1.54) is 10.5 Å². The summed E-state index contributed by atoms with van der Waals surface area (Å²) >= 11 is 6.10. The molecule has 0 N–H and O–H groups in total. The molecule has 3 aromatic carbocycles. The number of amides is 2. The van der Waals surface area contributed by atoms with Crippen LogP contribution < -0.4 is 14.5 Å². The predicted octanol–water partition coefficient (Wildman–Crippen LogP) is 5.48. The topological polar surface area (TPSA) is 49.9 Å². The lowest BCUT2D eigenvalue weighted by atomic mass is 9.98. The molecule has 2 amide bonds. The SMILES string of the molecule is CCOc1ccc(N2C(=O)C(c3ccc(Cl)cc3)=C(N3CCCc4ccccc43)C2=O)cc1. The van der Waals surface area contributed by atoms with Crippen molar-refractivity contribution < 1.29 is 14.3 Å². The van der Waals surface area contributed by atoms with Crippen LogP contribution in [-0.2, 0) is 16.0 Å². The van der Waals surface area contributed by atoms with Gasteiger partial charge in [-0.05, 0) is 73.4 Å². The quantitative estimate of drug-likeness (QED) is 0.475. The predicted molar refractivity (Wildman–Crippen MR) is 131 cm³/mol. The van der Waals surface area contributed by atoms with Crippen molar-refractivity contribution in [2.75, 3.05) is 23.0 Å². The van der Waals surface area contributed by atoms with Crippen molar-refractivity contribution in [1.82, 2.24) is 0 Å². The van der Waals surface area contributed by atoms with E-state index in [4.69, 9.17) is 16.3 Å². The van der Waals surface area contributed by atoms with E-state index < -0.39 is 0 Å². The normalized spacial score (nSPS) is 15.8. The molecule has 6 heteroatoms. The van der Waals surface area contributed by atoms with Gasteiger partial charge in [-0.1, -0.05) is 41.9 Å². The maximum absolute atomic E-state index is 13.8. The molecule has 3 aromatic rings. The Kier molecular flexibility index (Phi) is 5.65. The molecule has 0 atom stereocenters. The van der Waals surface area contributed by atoms with Crippen molar-refractivity contribution in [2.45, 2.75) is 19.8 Å². The highest BCUT2D eigenvalue weighted by atomic mass is 35.5. The van der Waals surface area contributed by atoms with E-state index in [9.17, 15) is 9.59 Å². The van der Waals surface area contributed by atoms with Gasteiger partial charge in [0.1, 0.15) is 11.4 Å². The lowest BCUT2D eigenvalue weighted by Crippen LogP contribution is -2.37. The van der Waals surface area contributed by atoms with Gasteiger partial charge in [0.2, 0.25) is 0 Å². The molecule has 0 radical (unpaired) electrons. The van der Waals surface area contributed by atoms with E-state index in [1.807, 2.05) is 30.0 Å². The van der Waals surface area contributed by atoms with Crippen molar-refractivity contribution in [2.24, 2.45) is 0 Å². The summed E-state index contributed by atoms with van der Waals surface area (Å²) in [4.78, 5) is 30.8. The second-order valence-electron chi connectivity index (χ2n) is 7.99. The molecule has 0 saturated heterocycles. The minimum Gasteiger partial charge on any atom is -0.494 e. The number of aryl methyl sites for hydroxylation is 1. The number of hydrogen-bond donors (Lipinski definition) is 0. The zero-order valence-electron chi connectivity index (χ0n) is 18.3.